The topological polar surface area (TPSA) is 38.8 Å². The van der Waals surface area contributed by atoms with Crippen molar-refractivity contribution < 1.29 is 14.3 Å². The highest BCUT2D eigenvalue weighted by atomic mass is 16.5. The Kier molecular flexibility index (Phi) is 4.80. The van der Waals surface area contributed by atoms with Crippen LogP contribution in [0.3, 0.4) is 0 Å². The van der Waals surface area contributed by atoms with Gasteiger partial charge in [0.1, 0.15) is 11.9 Å². The molecule has 0 bridgehead atoms. The van der Waals surface area contributed by atoms with Crippen molar-refractivity contribution in [2.75, 3.05) is 26.7 Å². The van der Waals surface area contributed by atoms with Crippen LogP contribution < -0.4 is 4.74 Å². The van der Waals surface area contributed by atoms with Crippen LogP contribution in [0.25, 0.3) is 0 Å². The van der Waals surface area contributed by atoms with E-state index in [1.165, 1.54) is 0 Å². The van der Waals surface area contributed by atoms with Gasteiger partial charge in [-0.1, -0.05) is 0 Å². The summed E-state index contributed by atoms with van der Waals surface area (Å²) in [4.78, 5) is 13.8. The fourth-order valence-electron chi connectivity index (χ4n) is 2.18. The standard InChI is InChI=1S/C15H21NO3/c1-3-18-15(17)12-4-6-13(7-5-12)19-14-8-10-16(2)11-9-14/h4-7,14H,3,8-11H2,1-2H3. The largest absolute Gasteiger partial charge is 0.490 e. The van der Waals surface area contributed by atoms with Crippen molar-refractivity contribution in [3.05, 3.63) is 29.8 Å². The van der Waals surface area contributed by atoms with Crippen LogP contribution in [0.4, 0.5) is 0 Å². The molecule has 0 aliphatic carbocycles. The van der Waals surface area contributed by atoms with E-state index in [0.29, 0.717) is 12.2 Å². The van der Waals surface area contributed by atoms with Gasteiger partial charge in [-0.3, -0.25) is 0 Å². The number of esters is 1. The molecule has 0 amide bonds. The first kappa shape index (κ1) is 13.9. The molecule has 0 atom stereocenters. The first-order valence-electron chi connectivity index (χ1n) is 6.81. The lowest BCUT2D eigenvalue weighted by Crippen LogP contribution is -2.35. The molecule has 1 fully saturated rings. The highest BCUT2D eigenvalue weighted by Gasteiger charge is 2.18. The van der Waals surface area contributed by atoms with Gasteiger partial charge in [-0.2, -0.15) is 0 Å². The lowest BCUT2D eigenvalue weighted by Gasteiger charge is -2.29. The fraction of sp³-hybridized carbons (Fsp3) is 0.533. The Balaban J connectivity index is 1.90. The SMILES string of the molecule is CCOC(=O)c1ccc(OC2CCN(C)CC2)cc1. The number of nitrogens with zero attached hydrogens (tertiary/aromatic N) is 1. The van der Waals surface area contributed by atoms with Crippen LogP contribution in [-0.4, -0.2) is 43.7 Å². The molecule has 1 saturated heterocycles. The van der Waals surface area contributed by atoms with E-state index >= 15 is 0 Å². The fourth-order valence-corrected chi connectivity index (χ4v) is 2.18. The van der Waals surface area contributed by atoms with Crippen molar-refractivity contribution in [3.63, 3.8) is 0 Å². The zero-order chi connectivity index (χ0) is 13.7. The highest BCUT2D eigenvalue weighted by molar-refractivity contribution is 5.89. The van der Waals surface area contributed by atoms with E-state index in [1.54, 1.807) is 19.1 Å². The first-order chi connectivity index (χ1) is 9.19. The monoisotopic (exact) mass is 263 g/mol. The highest BCUT2D eigenvalue weighted by Crippen LogP contribution is 2.19. The molecule has 0 spiro atoms. The molecular weight excluding hydrogens is 242 g/mol. The number of piperidine rings is 1. The molecule has 0 aromatic heterocycles. The zero-order valence-corrected chi connectivity index (χ0v) is 11.6. The quantitative estimate of drug-likeness (QED) is 0.782. The molecule has 19 heavy (non-hydrogen) atoms. The average Bonchev–Trinajstić information content (AvgIpc) is 2.42. The van der Waals surface area contributed by atoms with Crippen LogP contribution >= 0.6 is 0 Å². The van der Waals surface area contributed by atoms with Crippen LogP contribution in [-0.2, 0) is 4.74 Å². The first-order valence-corrected chi connectivity index (χ1v) is 6.81. The molecule has 4 heteroatoms. The minimum atomic E-state index is -0.284. The van der Waals surface area contributed by atoms with Gasteiger partial charge >= 0.3 is 5.97 Å². The third-order valence-electron chi connectivity index (χ3n) is 3.33. The normalized spacial score (nSPS) is 17.2. The molecule has 1 aromatic rings. The van der Waals surface area contributed by atoms with Crippen LogP contribution in [0, 0.1) is 0 Å². The van der Waals surface area contributed by atoms with E-state index < -0.39 is 0 Å². The molecular formula is C15H21NO3. The summed E-state index contributed by atoms with van der Waals surface area (Å²) in [5.41, 5.74) is 0.567. The summed E-state index contributed by atoms with van der Waals surface area (Å²) >= 11 is 0. The minimum Gasteiger partial charge on any atom is -0.490 e. The predicted molar refractivity (Wildman–Crippen MR) is 73.5 cm³/mol. The van der Waals surface area contributed by atoms with Crippen LogP contribution in [0.1, 0.15) is 30.1 Å². The second-order valence-corrected chi connectivity index (χ2v) is 4.87. The number of carbonyl (C=O) groups excluding carboxylic acids is 1. The summed E-state index contributed by atoms with van der Waals surface area (Å²) < 4.78 is 10.9. The summed E-state index contributed by atoms with van der Waals surface area (Å²) in [6, 6.07) is 7.18. The van der Waals surface area contributed by atoms with Crippen LogP contribution in [0.2, 0.25) is 0 Å². The van der Waals surface area contributed by atoms with Gasteiger partial charge in [0.25, 0.3) is 0 Å². The minimum absolute atomic E-state index is 0.282. The Morgan fingerprint density at radius 1 is 1.26 bits per heavy atom. The third kappa shape index (κ3) is 3.96. The lowest BCUT2D eigenvalue weighted by atomic mass is 10.1. The van der Waals surface area contributed by atoms with Gasteiger partial charge in [-0.15, -0.1) is 0 Å². The number of benzene rings is 1. The average molecular weight is 263 g/mol. The van der Waals surface area contributed by atoms with Crippen molar-refractivity contribution in [1.29, 1.82) is 0 Å². The molecule has 104 valence electrons. The lowest BCUT2D eigenvalue weighted by molar-refractivity contribution is 0.0526. The number of hydrogen-bond donors (Lipinski definition) is 0. The summed E-state index contributed by atoms with van der Waals surface area (Å²) in [6.07, 6.45) is 2.39. The van der Waals surface area contributed by atoms with Crippen LogP contribution in [0.5, 0.6) is 5.75 Å². The van der Waals surface area contributed by atoms with Gasteiger partial charge in [-0.05, 0) is 51.1 Å². The summed E-state index contributed by atoms with van der Waals surface area (Å²) in [5.74, 6) is 0.538. The second kappa shape index (κ2) is 6.57. The Morgan fingerprint density at radius 3 is 2.47 bits per heavy atom. The Morgan fingerprint density at radius 2 is 1.89 bits per heavy atom. The molecule has 4 nitrogen and oxygen atoms in total. The van der Waals surface area contributed by atoms with E-state index in [0.717, 1.165) is 31.7 Å². The van der Waals surface area contributed by atoms with Gasteiger partial charge < -0.3 is 14.4 Å². The summed E-state index contributed by atoms with van der Waals surface area (Å²) in [6.45, 7) is 4.35. The molecule has 1 heterocycles. The number of ether oxygens (including phenoxy) is 2. The van der Waals surface area contributed by atoms with Gasteiger partial charge in [0.15, 0.2) is 0 Å². The maximum absolute atomic E-state index is 11.5. The van der Waals surface area contributed by atoms with Crippen molar-refractivity contribution in [3.8, 4) is 5.75 Å². The van der Waals surface area contributed by atoms with Crippen molar-refractivity contribution in [1.82, 2.24) is 4.90 Å². The maximum Gasteiger partial charge on any atom is 0.338 e. The molecule has 0 N–H and O–H groups in total. The third-order valence-corrected chi connectivity index (χ3v) is 3.33. The Bertz CT molecular complexity index is 408. The second-order valence-electron chi connectivity index (χ2n) is 4.87. The Labute approximate surface area is 114 Å². The molecule has 0 saturated carbocycles. The van der Waals surface area contributed by atoms with E-state index in [1.807, 2.05) is 12.1 Å². The maximum atomic E-state index is 11.5. The van der Waals surface area contributed by atoms with Gasteiger partial charge in [0, 0.05) is 13.1 Å². The smallest absolute Gasteiger partial charge is 0.338 e. The number of hydrogen-bond acceptors (Lipinski definition) is 4. The zero-order valence-electron chi connectivity index (χ0n) is 11.6. The van der Waals surface area contributed by atoms with Crippen molar-refractivity contribution >= 4 is 5.97 Å². The predicted octanol–water partition coefficient (Wildman–Crippen LogP) is 2.34. The van der Waals surface area contributed by atoms with Gasteiger partial charge in [0.05, 0.1) is 12.2 Å². The number of likely N-dealkylation sites (tertiary alicyclic amines) is 1. The van der Waals surface area contributed by atoms with E-state index in [2.05, 4.69) is 11.9 Å². The number of rotatable bonds is 4. The molecule has 0 radical (unpaired) electrons. The molecule has 1 aliphatic heterocycles. The van der Waals surface area contributed by atoms with Gasteiger partial charge in [-0.25, -0.2) is 4.79 Å². The molecule has 1 aliphatic rings. The molecule has 1 aromatic carbocycles. The van der Waals surface area contributed by atoms with E-state index in [4.69, 9.17) is 9.47 Å². The summed E-state index contributed by atoms with van der Waals surface area (Å²) in [7, 11) is 2.13. The van der Waals surface area contributed by atoms with Crippen molar-refractivity contribution in [2.45, 2.75) is 25.9 Å². The summed E-state index contributed by atoms with van der Waals surface area (Å²) in [5, 5.41) is 0. The van der Waals surface area contributed by atoms with E-state index in [-0.39, 0.29) is 12.1 Å². The number of carbonyl (C=O) groups is 1. The molecule has 0 unspecified atom stereocenters. The molecule has 2 rings (SSSR count). The van der Waals surface area contributed by atoms with E-state index in [9.17, 15) is 4.79 Å². The van der Waals surface area contributed by atoms with Gasteiger partial charge in [0.2, 0.25) is 0 Å². The van der Waals surface area contributed by atoms with Crippen molar-refractivity contribution in [2.24, 2.45) is 0 Å². The van der Waals surface area contributed by atoms with Crippen LogP contribution in [0.15, 0.2) is 24.3 Å². The Hall–Kier alpha value is -1.55.